The molecule has 2 amide bonds. The maximum Gasteiger partial charge on any atom is 0.313 e. The lowest BCUT2D eigenvalue weighted by atomic mass is 10.2. The number of hydrogen-bond donors (Lipinski definition) is 4. The van der Waals surface area contributed by atoms with Crippen LogP contribution in [0, 0.1) is 0 Å². The van der Waals surface area contributed by atoms with Crippen LogP contribution in [0.15, 0.2) is 18.2 Å². The van der Waals surface area contributed by atoms with Crippen molar-refractivity contribution in [1.29, 1.82) is 0 Å². The molecule has 0 saturated carbocycles. The second-order valence-corrected chi connectivity index (χ2v) is 4.59. The number of aliphatic hydroxyl groups is 1. The fourth-order valence-corrected chi connectivity index (χ4v) is 1.66. The van der Waals surface area contributed by atoms with E-state index in [9.17, 15) is 14.7 Å². The molecule has 0 saturated heterocycles. The van der Waals surface area contributed by atoms with Crippen LogP contribution in [0.4, 0.5) is 5.69 Å². The van der Waals surface area contributed by atoms with Gasteiger partial charge < -0.3 is 20.8 Å². The molecule has 4 N–H and O–H groups in total. The zero-order valence-electron chi connectivity index (χ0n) is 10.9. The molecule has 6 nitrogen and oxygen atoms in total. The largest absolute Gasteiger partial charge is 0.506 e. The SMILES string of the molecule is O=C(NCCCCCO)C(=O)Nc1cc(Cl)ccc1O. The number of phenolic OH excluding ortho intramolecular Hbond substituents is 1. The Morgan fingerprint density at radius 1 is 1.15 bits per heavy atom. The van der Waals surface area contributed by atoms with Gasteiger partial charge in [-0.1, -0.05) is 11.6 Å². The molecule has 0 spiro atoms. The second-order valence-electron chi connectivity index (χ2n) is 4.16. The van der Waals surface area contributed by atoms with Gasteiger partial charge in [-0.25, -0.2) is 0 Å². The zero-order valence-corrected chi connectivity index (χ0v) is 11.6. The topological polar surface area (TPSA) is 98.7 Å². The van der Waals surface area contributed by atoms with Crippen LogP contribution >= 0.6 is 11.6 Å². The summed E-state index contributed by atoms with van der Waals surface area (Å²) in [5.74, 6) is -1.82. The summed E-state index contributed by atoms with van der Waals surface area (Å²) in [7, 11) is 0. The Morgan fingerprint density at radius 2 is 1.90 bits per heavy atom. The molecule has 0 aliphatic carbocycles. The third-order valence-corrected chi connectivity index (χ3v) is 2.77. The molecule has 0 aliphatic heterocycles. The number of unbranched alkanes of at least 4 members (excludes halogenated alkanes) is 2. The number of aliphatic hydroxyl groups excluding tert-OH is 1. The fourth-order valence-electron chi connectivity index (χ4n) is 1.48. The van der Waals surface area contributed by atoms with Crippen molar-refractivity contribution in [1.82, 2.24) is 5.32 Å². The van der Waals surface area contributed by atoms with Crippen LogP contribution in [0.3, 0.4) is 0 Å². The van der Waals surface area contributed by atoms with E-state index in [-0.39, 0.29) is 18.0 Å². The highest BCUT2D eigenvalue weighted by Gasteiger charge is 2.14. The Bertz CT molecular complexity index is 479. The van der Waals surface area contributed by atoms with Gasteiger partial charge in [0, 0.05) is 18.2 Å². The van der Waals surface area contributed by atoms with Gasteiger partial charge in [-0.15, -0.1) is 0 Å². The number of nitrogens with one attached hydrogen (secondary N) is 2. The summed E-state index contributed by atoms with van der Waals surface area (Å²) >= 11 is 5.73. The smallest absolute Gasteiger partial charge is 0.313 e. The molecule has 0 aliphatic rings. The highest BCUT2D eigenvalue weighted by Crippen LogP contribution is 2.26. The Hall–Kier alpha value is -1.79. The van der Waals surface area contributed by atoms with Gasteiger partial charge in [-0.3, -0.25) is 9.59 Å². The van der Waals surface area contributed by atoms with E-state index < -0.39 is 11.8 Å². The van der Waals surface area contributed by atoms with Crippen molar-refractivity contribution in [2.75, 3.05) is 18.5 Å². The van der Waals surface area contributed by atoms with E-state index in [1.165, 1.54) is 18.2 Å². The standard InChI is InChI=1S/C13H17ClN2O4/c14-9-4-5-11(18)10(8-9)16-13(20)12(19)15-6-2-1-3-7-17/h4-5,8,17-18H,1-3,6-7H2,(H,15,19)(H,16,20). The van der Waals surface area contributed by atoms with E-state index in [1.807, 2.05) is 0 Å². The van der Waals surface area contributed by atoms with E-state index in [4.69, 9.17) is 16.7 Å². The van der Waals surface area contributed by atoms with Gasteiger partial charge in [-0.05, 0) is 37.5 Å². The summed E-state index contributed by atoms with van der Waals surface area (Å²) in [4.78, 5) is 23.1. The Morgan fingerprint density at radius 3 is 2.60 bits per heavy atom. The minimum Gasteiger partial charge on any atom is -0.506 e. The number of phenols is 1. The van der Waals surface area contributed by atoms with Gasteiger partial charge in [0.05, 0.1) is 5.69 Å². The van der Waals surface area contributed by atoms with E-state index in [2.05, 4.69) is 10.6 Å². The first-order chi connectivity index (χ1) is 9.54. The lowest BCUT2D eigenvalue weighted by Gasteiger charge is -2.08. The molecule has 7 heteroatoms. The molecule has 1 aromatic rings. The molecule has 0 fully saturated rings. The monoisotopic (exact) mass is 300 g/mol. The van der Waals surface area contributed by atoms with Gasteiger partial charge in [0.2, 0.25) is 0 Å². The predicted octanol–water partition coefficient (Wildman–Crippen LogP) is 1.26. The normalized spacial score (nSPS) is 10.1. The highest BCUT2D eigenvalue weighted by atomic mass is 35.5. The Kier molecular flexibility index (Phi) is 6.83. The number of benzene rings is 1. The average molecular weight is 301 g/mol. The van der Waals surface area contributed by atoms with Crippen LogP contribution in [0.25, 0.3) is 0 Å². The van der Waals surface area contributed by atoms with Gasteiger partial charge in [0.15, 0.2) is 0 Å². The number of aromatic hydroxyl groups is 1. The number of rotatable bonds is 6. The molecule has 0 atom stereocenters. The first-order valence-corrected chi connectivity index (χ1v) is 6.61. The van der Waals surface area contributed by atoms with Gasteiger partial charge in [0.25, 0.3) is 0 Å². The van der Waals surface area contributed by atoms with E-state index in [1.54, 1.807) is 0 Å². The van der Waals surface area contributed by atoms with Crippen LogP contribution in [-0.2, 0) is 9.59 Å². The van der Waals surface area contributed by atoms with Crippen molar-refractivity contribution in [3.05, 3.63) is 23.2 Å². The summed E-state index contributed by atoms with van der Waals surface area (Å²) in [6, 6.07) is 4.14. The van der Waals surface area contributed by atoms with Crippen molar-refractivity contribution in [3.63, 3.8) is 0 Å². The lowest BCUT2D eigenvalue weighted by molar-refractivity contribution is -0.136. The van der Waals surface area contributed by atoms with Gasteiger partial charge in [0.1, 0.15) is 5.75 Å². The molecule has 110 valence electrons. The minimum atomic E-state index is -0.871. The van der Waals surface area contributed by atoms with Crippen LogP contribution in [-0.4, -0.2) is 35.2 Å². The predicted molar refractivity (Wildman–Crippen MR) is 75.7 cm³/mol. The van der Waals surface area contributed by atoms with Crippen LogP contribution < -0.4 is 10.6 Å². The Labute approximate surface area is 121 Å². The molecule has 20 heavy (non-hydrogen) atoms. The number of hydrogen-bond acceptors (Lipinski definition) is 4. The maximum absolute atomic E-state index is 11.6. The lowest BCUT2D eigenvalue weighted by Crippen LogP contribution is -2.35. The number of carbonyl (C=O) groups is 2. The third-order valence-electron chi connectivity index (χ3n) is 2.53. The molecule has 0 radical (unpaired) electrons. The molecular formula is C13H17ClN2O4. The maximum atomic E-state index is 11.6. The van der Waals surface area contributed by atoms with E-state index >= 15 is 0 Å². The summed E-state index contributed by atoms with van der Waals surface area (Å²) in [6.07, 6.45) is 2.12. The summed E-state index contributed by atoms with van der Waals surface area (Å²) in [6.45, 7) is 0.469. The first kappa shape index (κ1) is 16.3. The van der Waals surface area contributed by atoms with Crippen LogP contribution in [0.1, 0.15) is 19.3 Å². The summed E-state index contributed by atoms with van der Waals surface area (Å²) in [5, 5.41) is 23.2. The molecule has 0 bridgehead atoms. The number of amides is 2. The van der Waals surface area contributed by atoms with Crippen molar-refractivity contribution >= 4 is 29.1 Å². The Balaban J connectivity index is 2.41. The van der Waals surface area contributed by atoms with Crippen molar-refractivity contribution in [2.24, 2.45) is 0 Å². The molecule has 1 aromatic carbocycles. The molecule has 0 heterocycles. The first-order valence-electron chi connectivity index (χ1n) is 6.23. The second kappa shape index (κ2) is 8.39. The van der Waals surface area contributed by atoms with Crippen molar-refractivity contribution in [2.45, 2.75) is 19.3 Å². The molecular weight excluding hydrogens is 284 g/mol. The minimum absolute atomic E-state index is 0.0814. The summed E-state index contributed by atoms with van der Waals surface area (Å²) < 4.78 is 0. The van der Waals surface area contributed by atoms with Crippen LogP contribution in [0.2, 0.25) is 5.02 Å². The zero-order chi connectivity index (χ0) is 15.0. The van der Waals surface area contributed by atoms with E-state index in [0.717, 1.165) is 6.42 Å². The highest BCUT2D eigenvalue weighted by molar-refractivity contribution is 6.40. The van der Waals surface area contributed by atoms with Crippen LogP contribution in [0.5, 0.6) is 5.75 Å². The average Bonchev–Trinajstić information content (AvgIpc) is 2.42. The van der Waals surface area contributed by atoms with Crippen molar-refractivity contribution in [3.8, 4) is 5.75 Å². The fraction of sp³-hybridized carbons (Fsp3) is 0.385. The quantitative estimate of drug-likeness (QED) is 0.361. The number of carbonyl (C=O) groups excluding carboxylic acids is 2. The molecule has 0 unspecified atom stereocenters. The molecule has 0 aromatic heterocycles. The number of anilines is 1. The number of halogens is 1. The van der Waals surface area contributed by atoms with Crippen molar-refractivity contribution < 1.29 is 19.8 Å². The summed E-state index contributed by atoms with van der Waals surface area (Å²) in [5.41, 5.74) is 0.0814. The molecule has 1 rings (SSSR count). The van der Waals surface area contributed by atoms with Gasteiger partial charge >= 0.3 is 11.8 Å². The third kappa shape index (κ3) is 5.46. The van der Waals surface area contributed by atoms with Gasteiger partial charge in [-0.2, -0.15) is 0 Å². The van der Waals surface area contributed by atoms with E-state index in [0.29, 0.717) is 24.4 Å².